The molecule has 0 atom stereocenters. The van der Waals surface area contributed by atoms with Crippen LogP contribution in [0.25, 0.3) is 0 Å². The van der Waals surface area contributed by atoms with Crippen molar-refractivity contribution in [2.24, 2.45) is 0 Å². The lowest BCUT2D eigenvalue weighted by atomic mass is 10.2. The Hall–Kier alpha value is -1.75. The molecule has 0 radical (unpaired) electrons. The van der Waals surface area contributed by atoms with Crippen LogP contribution in [0.15, 0.2) is 47.2 Å². The summed E-state index contributed by atoms with van der Waals surface area (Å²) >= 11 is 3.04. The summed E-state index contributed by atoms with van der Waals surface area (Å²) < 4.78 is 13.6. The number of nitrogens with one attached hydrogen (secondary N) is 1. The van der Waals surface area contributed by atoms with Gasteiger partial charge in [0.1, 0.15) is 5.82 Å². The summed E-state index contributed by atoms with van der Waals surface area (Å²) in [6.45, 7) is 0. The largest absolute Gasteiger partial charge is 0.322 e. The van der Waals surface area contributed by atoms with Crippen LogP contribution >= 0.6 is 15.9 Å². The molecule has 0 spiro atoms. The highest BCUT2D eigenvalue weighted by molar-refractivity contribution is 9.10. The van der Waals surface area contributed by atoms with Gasteiger partial charge >= 0.3 is 0 Å². The first-order valence-electron chi connectivity index (χ1n) is 4.83. The van der Waals surface area contributed by atoms with Crippen LogP contribution in [0, 0.1) is 5.82 Å². The van der Waals surface area contributed by atoms with Crippen LogP contribution in [0.4, 0.5) is 10.1 Å². The van der Waals surface area contributed by atoms with Crippen molar-refractivity contribution in [1.29, 1.82) is 0 Å². The predicted molar refractivity (Wildman–Crippen MR) is 66.3 cm³/mol. The standard InChI is InChI=1S/C12H8BrFN2O/c13-10-4-3-9(6-11(10)14)16-12(17)8-2-1-5-15-7-8/h1-7H,(H,16,17). The molecule has 0 unspecified atom stereocenters. The van der Waals surface area contributed by atoms with Crippen molar-refractivity contribution in [2.45, 2.75) is 0 Å². The molecular weight excluding hydrogens is 287 g/mol. The van der Waals surface area contributed by atoms with Crippen molar-refractivity contribution in [3.8, 4) is 0 Å². The Morgan fingerprint density at radius 1 is 1.35 bits per heavy atom. The van der Waals surface area contributed by atoms with Gasteiger partial charge < -0.3 is 5.32 Å². The van der Waals surface area contributed by atoms with E-state index in [0.717, 1.165) is 0 Å². The van der Waals surface area contributed by atoms with Crippen LogP contribution in [0.2, 0.25) is 0 Å². The van der Waals surface area contributed by atoms with Gasteiger partial charge in [0.05, 0.1) is 10.0 Å². The van der Waals surface area contributed by atoms with E-state index in [2.05, 4.69) is 26.2 Å². The van der Waals surface area contributed by atoms with Crippen LogP contribution in [0.1, 0.15) is 10.4 Å². The number of rotatable bonds is 2. The van der Waals surface area contributed by atoms with Gasteiger partial charge in [0.2, 0.25) is 0 Å². The third-order valence-electron chi connectivity index (χ3n) is 2.10. The maximum absolute atomic E-state index is 13.2. The lowest BCUT2D eigenvalue weighted by molar-refractivity contribution is 0.102. The Bertz CT molecular complexity index is 545. The van der Waals surface area contributed by atoms with E-state index in [-0.39, 0.29) is 5.91 Å². The molecule has 1 aromatic heterocycles. The van der Waals surface area contributed by atoms with Gasteiger partial charge in [-0.2, -0.15) is 0 Å². The summed E-state index contributed by atoms with van der Waals surface area (Å²) in [6.07, 6.45) is 3.03. The highest BCUT2D eigenvalue weighted by atomic mass is 79.9. The predicted octanol–water partition coefficient (Wildman–Crippen LogP) is 3.24. The van der Waals surface area contributed by atoms with Crippen LogP contribution in [-0.4, -0.2) is 10.9 Å². The third-order valence-corrected chi connectivity index (χ3v) is 2.74. The lowest BCUT2D eigenvalue weighted by Gasteiger charge is -2.05. The summed E-state index contributed by atoms with van der Waals surface area (Å²) in [6, 6.07) is 7.70. The van der Waals surface area contributed by atoms with E-state index in [1.54, 1.807) is 24.4 Å². The summed E-state index contributed by atoms with van der Waals surface area (Å²) in [4.78, 5) is 15.6. The molecule has 2 aromatic rings. The molecule has 17 heavy (non-hydrogen) atoms. The number of halogens is 2. The monoisotopic (exact) mass is 294 g/mol. The Morgan fingerprint density at radius 2 is 2.18 bits per heavy atom. The number of hydrogen-bond donors (Lipinski definition) is 1. The number of carbonyl (C=O) groups is 1. The molecule has 0 aliphatic heterocycles. The van der Waals surface area contributed by atoms with Crippen molar-refractivity contribution in [3.05, 3.63) is 58.6 Å². The Balaban J connectivity index is 2.16. The second-order valence-electron chi connectivity index (χ2n) is 3.32. The highest BCUT2D eigenvalue weighted by Crippen LogP contribution is 2.19. The minimum atomic E-state index is -0.422. The average Bonchev–Trinajstić information content (AvgIpc) is 2.35. The van der Waals surface area contributed by atoms with Gasteiger partial charge in [-0.15, -0.1) is 0 Å². The van der Waals surface area contributed by atoms with Gasteiger partial charge in [0.15, 0.2) is 0 Å². The fraction of sp³-hybridized carbons (Fsp3) is 0. The van der Waals surface area contributed by atoms with Crippen molar-refractivity contribution in [2.75, 3.05) is 5.32 Å². The third kappa shape index (κ3) is 2.88. The number of amides is 1. The molecule has 0 saturated heterocycles. The molecule has 0 aliphatic carbocycles. The number of anilines is 1. The van der Waals surface area contributed by atoms with Crippen molar-refractivity contribution in [3.63, 3.8) is 0 Å². The highest BCUT2D eigenvalue weighted by Gasteiger charge is 2.07. The molecule has 1 N–H and O–H groups in total. The topological polar surface area (TPSA) is 42.0 Å². The molecular formula is C12H8BrFN2O. The first kappa shape index (κ1) is 11.7. The first-order chi connectivity index (χ1) is 8.16. The zero-order valence-electron chi connectivity index (χ0n) is 8.65. The van der Waals surface area contributed by atoms with Crippen molar-refractivity contribution in [1.82, 2.24) is 4.98 Å². The van der Waals surface area contributed by atoms with Crippen LogP contribution < -0.4 is 5.32 Å². The summed E-state index contributed by atoms with van der Waals surface area (Å²) in [5.74, 6) is -0.742. The Labute approximate surface area is 106 Å². The summed E-state index contributed by atoms with van der Waals surface area (Å²) in [5.41, 5.74) is 0.829. The van der Waals surface area contributed by atoms with Crippen LogP contribution in [-0.2, 0) is 0 Å². The number of aromatic nitrogens is 1. The zero-order chi connectivity index (χ0) is 12.3. The van der Waals surface area contributed by atoms with Crippen molar-refractivity contribution < 1.29 is 9.18 Å². The molecule has 2 rings (SSSR count). The van der Waals surface area contributed by atoms with Gasteiger partial charge in [-0.1, -0.05) is 0 Å². The molecule has 1 amide bonds. The smallest absolute Gasteiger partial charge is 0.257 e. The van der Waals surface area contributed by atoms with Crippen LogP contribution in [0.3, 0.4) is 0 Å². The van der Waals surface area contributed by atoms with E-state index in [9.17, 15) is 9.18 Å². The number of carbonyl (C=O) groups excluding carboxylic acids is 1. The summed E-state index contributed by atoms with van der Waals surface area (Å²) in [5, 5.41) is 2.59. The molecule has 5 heteroatoms. The van der Waals surface area contributed by atoms with Gasteiger partial charge in [-0.3, -0.25) is 9.78 Å². The van der Waals surface area contributed by atoms with E-state index in [1.165, 1.54) is 18.3 Å². The second-order valence-corrected chi connectivity index (χ2v) is 4.18. The zero-order valence-corrected chi connectivity index (χ0v) is 10.2. The van der Waals surface area contributed by atoms with E-state index in [4.69, 9.17) is 0 Å². The fourth-order valence-corrected chi connectivity index (χ4v) is 1.52. The molecule has 0 bridgehead atoms. The number of hydrogen-bond acceptors (Lipinski definition) is 2. The minimum absolute atomic E-state index is 0.320. The van der Waals surface area contributed by atoms with Gasteiger partial charge in [-0.05, 0) is 46.3 Å². The van der Waals surface area contributed by atoms with E-state index in [0.29, 0.717) is 15.7 Å². The normalized spacial score (nSPS) is 10.0. The van der Waals surface area contributed by atoms with E-state index < -0.39 is 5.82 Å². The quantitative estimate of drug-likeness (QED) is 0.924. The fourth-order valence-electron chi connectivity index (χ4n) is 1.27. The number of benzene rings is 1. The van der Waals surface area contributed by atoms with E-state index >= 15 is 0 Å². The number of nitrogens with zero attached hydrogens (tertiary/aromatic N) is 1. The second kappa shape index (κ2) is 5.05. The van der Waals surface area contributed by atoms with Gasteiger partial charge in [-0.25, -0.2) is 4.39 Å². The molecule has 1 aromatic carbocycles. The molecule has 0 aliphatic rings. The maximum Gasteiger partial charge on any atom is 0.257 e. The average molecular weight is 295 g/mol. The SMILES string of the molecule is O=C(Nc1ccc(Br)c(F)c1)c1cccnc1. The van der Waals surface area contributed by atoms with E-state index in [1.807, 2.05) is 0 Å². The molecule has 0 fully saturated rings. The first-order valence-corrected chi connectivity index (χ1v) is 5.62. The van der Waals surface area contributed by atoms with Gasteiger partial charge in [0.25, 0.3) is 5.91 Å². The maximum atomic E-state index is 13.2. The van der Waals surface area contributed by atoms with Crippen molar-refractivity contribution >= 4 is 27.5 Å². The van der Waals surface area contributed by atoms with Gasteiger partial charge in [0, 0.05) is 18.1 Å². The molecule has 1 heterocycles. The van der Waals surface area contributed by atoms with Crippen LogP contribution in [0.5, 0.6) is 0 Å². The lowest BCUT2D eigenvalue weighted by Crippen LogP contribution is -2.12. The molecule has 3 nitrogen and oxygen atoms in total. The molecule has 0 saturated carbocycles. The Morgan fingerprint density at radius 3 is 2.82 bits per heavy atom. The minimum Gasteiger partial charge on any atom is -0.322 e. The number of pyridine rings is 1. The Kier molecular flexibility index (Phi) is 3.49. The molecule has 86 valence electrons. The summed E-state index contributed by atoms with van der Waals surface area (Å²) in [7, 11) is 0.